The Kier molecular flexibility index (Phi) is 6.39. The van der Waals surface area contributed by atoms with Crippen LogP contribution in [-0.2, 0) is 14.3 Å². The van der Waals surface area contributed by atoms with Gasteiger partial charge in [-0.05, 0) is 19.1 Å². The Balaban J connectivity index is 2.41. The van der Waals surface area contributed by atoms with Crippen molar-refractivity contribution in [2.75, 3.05) is 27.2 Å². The van der Waals surface area contributed by atoms with Crippen molar-refractivity contribution in [1.82, 2.24) is 10.2 Å². The molecule has 6 nitrogen and oxygen atoms in total. The van der Waals surface area contributed by atoms with E-state index in [1.807, 2.05) is 13.0 Å². The molecule has 0 heterocycles. The number of nitrogens with zero attached hydrogens (tertiary/aromatic N) is 1. The molecule has 114 valence electrons. The van der Waals surface area contributed by atoms with Crippen LogP contribution in [0.15, 0.2) is 24.3 Å². The standard InChI is InChI=1S/C15H20N2O4/c1-11-5-4-6-12(9-11)15(20)16-10-13(18)17(2)8-7-14(19)21-3/h4-6,9H,7-8,10H2,1-3H3,(H,16,20). The summed E-state index contributed by atoms with van der Waals surface area (Å²) in [6.45, 7) is 2.04. The van der Waals surface area contributed by atoms with Crippen molar-refractivity contribution in [3.05, 3.63) is 35.4 Å². The predicted molar refractivity (Wildman–Crippen MR) is 77.8 cm³/mol. The van der Waals surface area contributed by atoms with Crippen LogP contribution in [0.3, 0.4) is 0 Å². The minimum Gasteiger partial charge on any atom is -0.469 e. The van der Waals surface area contributed by atoms with Gasteiger partial charge in [0.25, 0.3) is 5.91 Å². The molecule has 0 spiro atoms. The first-order chi connectivity index (χ1) is 9.93. The molecule has 0 bridgehead atoms. The third kappa shape index (κ3) is 5.64. The van der Waals surface area contributed by atoms with Gasteiger partial charge in [-0.1, -0.05) is 17.7 Å². The Morgan fingerprint density at radius 1 is 1.29 bits per heavy atom. The maximum Gasteiger partial charge on any atom is 0.307 e. The van der Waals surface area contributed by atoms with E-state index >= 15 is 0 Å². The van der Waals surface area contributed by atoms with Crippen LogP contribution in [-0.4, -0.2) is 49.9 Å². The second-order valence-corrected chi connectivity index (χ2v) is 4.69. The Morgan fingerprint density at radius 2 is 2.00 bits per heavy atom. The molecular formula is C15H20N2O4. The number of esters is 1. The number of benzene rings is 1. The average molecular weight is 292 g/mol. The van der Waals surface area contributed by atoms with E-state index in [1.165, 1.54) is 12.0 Å². The molecule has 0 radical (unpaired) electrons. The van der Waals surface area contributed by atoms with E-state index in [-0.39, 0.29) is 37.3 Å². The zero-order valence-corrected chi connectivity index (χ0v) is 12.5. The zero-order chi connectivity index (χ0) is 15.8. The van der Waals surface area contributed by atoms with Crippen LogP contribution in [0.25, 0.3) is 0 Å². The minimum absolute atomic E-state index is 0.107. The first kappa shape index (κ1) is 16.7. The molecule has 0 atom stereocenters. The number of amides is 2. The smallest absolute Gasteiger partial charge is 0.307 e. The highest BCUT2D eigenvalue weighted by molar-refractivity contribution is 5.96. The molecule has 0 aliphatic carbocycles. The predicted octanol–water partition coefficient (Wildman–Crippen LogP) is 0.746. The van der Waals surface area contributed by atoms with Crippen molar-refractivity contribution < 1.29 is 19.1 Å². The molecule has 0 fully saturated rings. The number of hydrogen-bond acceptors (Lipinski definition) is 4. The summed E-state index contributed by atoms with van der Waals surface area (Å²) in [5, 5.41) is 2.56. The van der Waals surface area contributed by atoms with Crippen molar-refractivity contribution in [2.45, 2.75) is 13.3 Å². The highest BCUT2D eigenvalue weighted by Crippen LogP contribution is 2.03. The van der Waals surface area contributed by atoms with E-state index < -0.39 is 0 Å². The molecule has 1 aromatic rings. The second-order valence-electron chi connectivity index (χ2n) is 4.69. The molecule has 0 saturated heterocycles. The average Bonchev–Trinajstić information content (AvgIpc) is 2.49. The Morgan fingerprint density at radius 3 is 2.62 bits per heavy atom. The molecule has 0 aromatic heterocycles. The van der Waals surface area contributed by atoms with Gasteiger partial charge >= 0.3 is 5.97 Å². The minimum atomic E-state index is -0.376. The third-order valence-corrected chi connectivity index (χ3v) is 2.99. The van der Waals surface area contributed by atoms with E-state index in [4.69, 9.17) is 0 Å². The molecule has 0 aliphatic heterocycles. The number of methoxy groups -OCH3 is 1. The van der Waals surface area contributed by atoms with Crippen molar-refractivity contribution >= 4 is 17.8 Å². The van der Waals surface area contributed by atoms with Gasteiger partial charge in [-0.3, -0.25) is 14.4 Å². The van der Waals surface area contributed by atoms with Crippen LogP contribution in [0.2, 0.25) is 0 Å². The van der Waals surface area contributed by atoms with Gasteiger partial charge in [0, 0.05) is 19.2 Å². The Labute approximate surface area is 124 Å². The Bertz CT molecular complexity index is 528. The first-order valence-corrected chi connectivity index (χ1v) is 6.59. The normalized spacial score (nSPS) is 9.86. The van der Waals surface area contributed by atoms with Gasteiger partial charge in [-0.25, -0.2) is 0 Å². The molecule has 1 N–H and O–H groups in total. The lowest BCUT2D eigenvalue weighted by atomic mass is 10.1. The van der Waals surface area contributed by atoms with E-state index in [9.17, 15) is 14.4 Å². The first-order valence-electron chi connectivity index (χ1n) is 6.59. The van der Waals surface area contributed by atoms with Crippen LogP contribution in [0, 0.1) is 6.92 Å². The van der Waals surface area contributed by atoms with Gasteiger partial charge < -0.3 is 15.0 Å². The van der Waals surface area contributed by atoms with Crippen LogP contribution in [0.1, 0.15) is 22.3 Å². The van der Waals surface area contributed by atoms with Crippen molar-refractivity contribution in [3.63, 3.8) is 0 Å². The molecule has 1 rings (SSSR count). The molecule has 0 saturated carbocycles. The monoisotopic (exact) mass is 292 g/mol. The lowest BCUT2D eigenvalue weighted by molar-refractivity contribution is -0.141. The van der Waals surface area contributed by atoms with Gasteiger partial charge in [0.1, 0.15) is 0 Å². The number of hydrogen-bond donors (Lipinski definition) is 1. The van der Waals surface area contributed by atoms with Crippen LogP contribution < -0.4 is 5.32 Å². The molecule has 1 aromatic carbocycles. The number of ether oxygens (including phenoxy) is 1. The fourth-order valence-electron chi connectivity index (χ4n) is 1.66. The van der Waals surface area contributed by atoms with E-state index in [2.05, 4.69) is 10.1 Å². The van der Waals surface area contributed by atoms with Gasteiger partial charge in [-0.15, -0.1) is 0 Å². The molecule has 6 heteroatoms. The van der Waals surface area contributed by atoms with Crippen LogP contribution in [0.4, 0.5) is 0 Å². The van der Waals surface area contributed by atoms with E-state index in [1.54, 1.807) is 25.2 Å². The number of carbonyl (C=O) groups excluding carboxylic acids is 3. The second kappa shape index (κ2) is 8.04. The molecule has 2 amide bonds. The molecule has 21 heavy (non-hydrogen) atoms. The van der Waals surface area contributed by atoms with Crippen LogP contribution in [0.5, 0.6) is 0 Å². The highest BCUT2D eigenvalue weighted by atomic mass is 16.5. The van der Waals surface area contributed by atoms with Gasteiger partial charge in [-0.2, -0.15) is 0 Å². The SMILES string of the molecule is COC(=O)CCN(C)C(=O)CNC(=O)c1cccc(C)c1. The number of rotatable bonds is 6. The van der Waals surface area contributed by atoms with Gasteiger partial charge in [0.05, 0.1) is 20.1 Å². The maximum absolute atomic E-state index is 11.9. The summed E-state index contributed by atoms with van der Waals surface area (Å²) in [6.07, 6.45) is 0.130. The number of carbonyl (C=O) groups is 3. The van der Waals surface area contributed by atoms with Crippen molar-refractivity contribution in [3.8, 4) is 0 Å². The third-order valence-electron chi connectivity index (χ3n) is 2.99. The van der Waals surface area contributed by atoms with Crippen molar-refractivity contribution in [1.29, 1.82) is 0 Å². The number of aryl methyl sites for hydroxylation is 1. The summed E-state index contributed by atoms with van der Waals surface area (Å²) in [6, 6.07) is 7.12. The quantitative estimate of drug-likeness (QED) is 0.785. The Hall–Kier alpha value is -2.37. The molecule has 0 unspecified atom stereocenters. The van der Waals surface area contributed by atoms with E-state index in [0.717, 1.165) is 5.56 Å². The van der Waals surface area contributed by atoms with Crippen molar-refractivity contribution in [2.24, 2.45) is 0 Å². The molecular weight excluding hydrogens is 272 g/mol. The zero-order valence-electron chi connectivity index (χ0n) is 12.5. The number of nitrogens with one attached hydrogen (secondary N) is 1. The summed E-state index contributed by atoms with van der Waals surface area (Å²) in [5.74, 6) is -0.938. The maximum atomic E-state index is 11.9. The lowest BCUT2D eigenvalue weighted by Crippen LogP contribution is -2.39. The highest BCUT2D eigenvalue weighted by Gasteiger charge is 2.13. The molecule has 0 aliphatic rings. The fourth-order valence-corrected chi connectivity index (χ4v) is 1.66. The van der Waals surface area contributed by atoms with Crippen LogP contribution >= 0.6 is 0 Å². The summed E-state index contributed by atoms with van der Waals surface area (Å²) >= 11 is 0. The summed E-state index contributed by atoms with van der Waals surface area (Å²) < 4.78 is 4.50. The summed E-state index contributed by atoms with van der Waals surface area (Å²) in [5.41, 5.74) is 1.49. The van der Waals surface area contributed by atoms with Gasteiger partial charge in [0.15, 0.2) is 0 Å². The number of likely N-dealkylation sites (N-methyl/N-ethyl adjacent to an activating group) is 1. The fraction of sp³-hybridized carbons (Fsp3) is 0.400. The summed E-state index contributed by atoms with van der Waals surface area (Å²) in [4.78, 5) is 36.1. The van der Waals surface area contributed by atoms with Gasteiger partial charge in [0.2, 0.25) is 5.91 Å². The lowest BCUT2D eigenvalue weighted by Gasteiger charge is -2.16. The topological polar surface area (TPSA) is 75.7 Å². The van der Waals surface area contributed by atoms with E-state index in [0.29, 0.717) is 5.56 Å². The largest absolute Gasteiger partial charge is 0.469 e. The summed E-state index contributed by atoms with van der Waals surface area (Å²) in [7, 11) is 2.87.